The van der Waals surface area contributed by atoms with Crippen LogP contribution in [0.4, 0.5) is 0 Å². The van der Waals surface area contributed by atoms with Gasteiger partial charge in [0.05, 0.1) is 21.9 Å². The fraction of sp³-hybridized carbons (Fsp3) is 0.333. The van der Waals surface area contributed by atoms with Crippen LogP contribution in [0.5, 0.6) is 0 Å². The largest absolute Gasteiger partial charge is 0.256 e. The van der Waals surface area contributed by atoms with Crippen LogP contribution in [-0.4, -0.2) is 19.9 Å². The van der Waals surface area contributed by atoms with Crippen molar-refractivity contribution in [2.75, 3.05) is 6.54 Å². The average molecular weight is 303 g/mol. The number of nitriles is 1. The number of rotatable bonds is 4. The van der Waals surface area contributed by atoms with Gasteiger partial charge in [0.15, 0.2) is 0 Å². The van der Waals surface area contributed by atoms with E-state index in [4.69, 9.17) is 5.26 Å². The third-order valence-corrected chi connectivity index (χ3v) is 4.69. The molecular formula is C15H17N3O2S. The molecule has 2 aromatic rings. The van der Waals surface area contributed by atoms with Crippen molar-refractivity contribution in [2.45, 2.75) is 25.7 Å². The van der Waals surface area contributed by atoms with Crippen molar-refractivity contribution >= 4 is 20.9 Å². The lowest BCUT2D eigenvalue weighted by atomic mass is 9.97. The number of hydrogen-bond acceptors (Lipinski definition) is 4. The lowest BCUT2D eigenvalue weighted by molar-refractivity contribution is 0.479. The van der Waals surface area contributed by atoms with Gasteiger partial charge < -0.3 is 0 Å². The van der Waals surface area contributed by atoms with Crippen LogP contribution in [0, 0.1) is 23.7 Å². The van der Waals surface area contributed by atoms with Gasteiger partial charge in [0.25, 0.3) is 0 Å². The molecule has 0 amide bonds. The standard InChI is InChI=1S/C15H17N3O2S/c1-11-6-7-13(12-5-4-8-17-14(11)12)21(19,20)18-10-15(2,3)9-16/h4-8,18H,10H2,1-3H3. The van der Waals surface area contributed by atoms with E-state index in [-0.39, 0.29) is 11.4 Å². The maximum atomic E-state index is 12.5. The summed E-state index contributed by atoms with van der Waals surface area (Å²) in [5, 5.41) is 9.56. The first-order valence-electron chi connectivity index (χ1n) is 6.52. The molecule has 0 atom stereocenters. The van der Waals surface area contributed by atoms with Crippen molar-refractivity contribution in [3.63, 3.8) is 0 Å². The summed E-state index contributed by atoms with van der Waals surface area (Å²) in [7, 11) is -3.69. The minimum atomic E-state index is -3.69. The summed E-state index contributed by atoms with van der Waals surface area (Å²) in [5.74, 6) is 0. The van der Waals surface area contributed by atoms with E-state index in [1.54, 1.807) is 44.3 Å². The summed E-state index contributed by atoms with van der Waals surface area (Å²) in [6.07, 6.45) is 1.64. The van der Waals surface area contributed by atoms with Gasteiger partial charge >= 0.3 is 0 Å². The van der Waals surface area contributed by atoms with E-state index in [1.807, 2.05) is 6.92 Å². The lowest BCUT2D eigenvalue weighted by Crippen LogP contribution is -2.33. The predicted molar refractivity (Wildman–Crippen MR) is 81.1 cm³/mol. The smallest absolute Gasteiger partial charge is 0.241 e. The third-order valence-electron chi connectivity index (χ3n) is 3.23. The zero-order valence-electron chi connectivity index (χ0n) is 12.2. The molecule has 0 bridgehead atoms. The van der Waals surface area contributed by atoms with Crippen LogP contribution in [-0.2, 0) is 10.0 Å². The van der Waals surface area contributed by atoms with Gasteiger partial charge in [-0.1, -0.05) is 6.07 Å². The van der Waals surface area contributed by atoms with Crippen LogP contribution in [0.2, 0.25) is 0 Å². The second kappa shape index (κ2) is 5.43. The molecule has 21 heavy (non-hydrogen) atoms. The Hall–Kier alpha value is -1.97. The number of nitrogens with zero attached hydrogens (tertiary/aromatic N) is 2. The zero-order chi connectivity index (χ0) is 15.7. The van der Waals surface area contributed by atoms with Crippen LogP contribution < -0.4 is 4.72 Å². The Morgan fingerprint density at radius 3 is 2.71 bits per heavy atom. The van der Waals surface area contributed by atoms with Crippen molar-refractivity contribution in [3.05, 3.63) is 36.0 Å². The summed E-state index contributed by atoms with van der Waals surface area (Å²) in [6.45, 7) is 5.31. The Bertz CT molecular complexity index is 820. The summed E-state index contributed by atoms with van der Waals surface area (Å²) in [5.41, 5.74) is 0.827. The Morgan fingerprint density at radius 1 is 1.33 bits per heavy atom. The van der Waals surface area contributed by atoms with Crippen molar-refractivity contribution in [2.24, 2.45) is 5.41 Å². The highest BCUT2D eigenvalue weighted by molar-refractivity contribution is 7.89. The van der Waals surface area contributed by atoms with Crippen LogP contribution in [0.25, 0.3) is 10.9 Å². The zero-order valence-corrected chi connectivity index (χ0v) is 13.0. The summed E-state index contributed by atoms with van der Waals surface area (Å²) in [4.78, 5) is 4.42. The minimum Gasteiger partial charge on any atom is -0.256 e. The monoisotopic (exact) mass is 303 g/mol. The molecule has 0 radical (unpaired) electrons. The van der Waals surface area contributed by atoms with Crippen LogP contribution in [0.3, 0.4) is 0 Å². The van der Waals surface area contributed by atoms with Gasteiger partial charge in [-0.3, -0.25) is 4.98 Å². The van der Waals surface area contributed by atoms with Crippen LogP contribution in [0.15, 0.2) is 35.4 Å². The fourth-order valence-corrected chi connectivity index (χ4v) is 3.32. The molecule has 2 rings (SSSR count). The van der Waals surface area contributed by atoms with Gasteiger partial charge in [-0.15, -0.1) is 0 Å². The molecule has 0 saturated carbocycles. The quantitative estimate of drug-likeness (QED) is 0.940. The highest BCUT2D eigenvalue weighted by Gasteiger charge is 2.23. The molecule has 1 aromatic carbocycles. The van der Waals surface area contributed by atoms with Crippen molar-refractivity contribution in [3.8, 4) is 6.07 Å². The molecule has 1 heterocycles. The Balaban J connectivity index is 2.47. The molecule has 0 aliphatic rings. The van der Waals surface area contributed by atoms with Crippen molar-refractivity contribution in [1.29, 1.82) is 5.26 Å². The van der Waals surface area contributed by atoms with Crippen molar-refractivity contribution < 1.29 is 8.42 Å². The number of aryl methyl sites for hydroxylation is 1. The predicted octanol–water partition coefficient (Wildman–Crippen LogP) is 2.37. The van der Waals surface area contributed by atoms with Crippen LogP contribution >= 0.6 is 0 Å². The molecule has 1 aromatic heterocycles. The Labute approximate surface area is 124 Å². The van der Waals surface area contributed by atoms with Crippen LogP contribution in [0.1, 0.15) is 19.4 Å². The molecule has 0 unspecified atom stereocenters. The molecule has 110 valence electrons. The third kappa shape index (κ3) is 3.20. The molecule has 0 aliphatic heterocycles. The average Bonchev–Trinajstić information content (AvgIpc) is 2.46. The molecule has 0 saturated heterocycles. The van der Waals surface area contributed by atoms with E-state index in [0.717, 1.165) is 5.56 Å². The van der Waals surface area contributed by atoms with E-state index in [1.165, 1.54) is 0 Å². The molecule has 0 fully saturated rings. The number of fused-ring (bicyclic) bond motifs is 1. The highest BCUT2D eigenvalue weighted by atomic mass is 32.2. The number of aromatic nitrogens is 1. The first kappa shape index (κ1) is 15.4. The van der Waals surface area contributed by atoms with Gasteiger partial charge in [0.1, 0.15) is 0 Å². The number of hydrogen-bond donors (Lipinski definition) is 1. The maximum Gasteiger partial charge on any atom is 0.241 e. The van der Waals surface area contributed by atoms with Gasteiger partial charge in [0.2, 0.25) is 10.0 Å². The lowest BCUT2D eigenvalue weighted by Gasteiger charge is -2.17. The van der Waals surface area contributed by atoms with Gasteiger partial charge in [-0.25, -0.2) is 13.1 Å². The first-order chi connectivity index (χ1) is 9.77. The van der Waals surface area contributed by atoms with E-state index in [9.17, 15) is 8.42 Å². The highest BCUT2D eigenvalue weighted by Crippen LogP contribution is 2.24. The number of nitrogens with one attached hydrogen (secondary N) is 1. The van der Waals surface area contributed by atoms with Gasteiger partial charge in [-0.2, -0.15) is 5.26 Å². The minimum absolute atomic E-state index is 0.0570. The molecule has 5 nitrogen and oxygen atoms in total. The number of benzene rings is 1. The molecule has 6 heteroatoms. The molecule has 0 spiro atoms. The van der Waals surface area contributed by atoms with E-state index >= 15 is 0 Å². The van der Waals surface area contributed by atoms with Gasteiger partial charge in [0, 0.05) is 18.1 Å². The SMILES string of the molecule is Cc1ccc(S(=O)(=O)NCC(C)(C)C#N)c2cccnc12. The Morgan fingerprint density at radius 2 is 2.05 bits per heavy atom. The summed E-state index contributed by atoms with van der Waals surface area (Å²) >= 11 is 0. The summed E-state index contributed by atoms with van der Waals surface area (Å²) in [6, 6.07) is 8.82. The van der Waals surface area contributed by atoms with Crippen molar-refractivity contribution in [1.82, 2.24) is 9.71 Å². The maximum absolute atomic E-state index is 12.5. The topological polar surface area (TPSA) is 82.9 Å². The second-order valence-electron chi connectivity index (χ2n) is 5.60. The molecule has 0 aliphatic carbocycles. The molecular weight excluding hydrogens is 286 g/mol. The van der Waals surface area contributed by atoms with E-state index in [2.05, 4.69) is 15.8 Å². The fourth-order valence-electron chi connectivity index (χ4n) is 1.91. The normalized spacial score (nSPS) is 12.3. The number of sulfonamides is 1. The number of pyridine rings is 1. The van der Waals surface area contributed by atoms with E-state index < -0.39 is 15.4 Å². The van der Waals surface area contributed by atoms with Gasteiger partial charge in [-0.05, 0) is 44.5 Å². The second-order valence-corrected chi connectivity index (χ2v) is 7.34. The first-order valence-corrected chi connectivity index (χ1v) is 8.00. The Kier molecular flexibility index (Phi) is 3.99. The summed E-state index contributed by atoms with van der Waals surface area (Å²) < 4.78 is 27.4. The van der Waals surface area contributed by atoms with E-state index in [0.29, 0.717) is 10.9 Å². The molecule has 1 N–H and O–H groups in total.